The van der Waals surface area contributed by atoms with E-state index in [2.05, 4.69) is 45.5 Å². The van der Waals surface area contributed by atoms with Crippen LogP contribution in [0, 0.1) is 17.8 Å². The molecule has 3 saturated carbocycles. The van der Waals surface area contributed by atoms with Crippen molar-refractivity contribution >= 4 is 0 Å². The molecule has 31 heavy (non-hydrogen) atoms. The van der Waals surface area contributed by atoms with Gasteiger partial charge in [-0.3, -0.25) is 0 Å². The van der Waals surface area contributed by atoms with Gasteiger partial charge in [0.25, 0.3) is 0 Å². The Morgan fingerprint density at radius 1 is 0.742 bits per heavy atom. The fraction of sp³-hybridized carbons (Fsp3) is 0.852. The minimum atomic E-state index is 0. The predicted molar refractivity (Wildman–Crippen MR) is 121 cm³/mol. The topological polar surface area (TPSA) is 3.24 Å². The average molecular weight is 501 g/mol. The van der Waals surface area contributed by atoms with E-state index >= 15 is 0 Å². The Morgan fingerprint density at radius 2 is 1.19 bits per heavy atom. The Morgan fingerprint density at radius 3 is 1.68 bits per heavy atom. The molecule has 0 radical (unpaired) electrons. The van der Waals surface area contributed by atoms with E-state index in [9.17, 15) is 0 Å². The molecular formula is C27H44Cl2NTi. The van der Waals surface area contributed by atoms with Crippen molar-refractivity contribution in [3.63, 3.8) is 0 Å². The SMILES string of the molecule is CN(C)CC[C]1([Ti+2])C(C2CCCCC2)=CC(C2CCCCC2)=C1C1CCCCC1.[Cl-].[Cl-]. The molecule has 4 rings (SSSR count). The third kappa shape index (κ3) is 6.45. The molecule has 0 aromatic rings. The Hall–Kier alpha value is 0.734. The van der Waals surface area contributed by atoms with E-state index in [1.807, 2.05) is 16.7 Å². The van der Waals surface area contributed by atoms with Crippen LogP contribution in [0.25, 0.3) is 0 Å². The van der Waals surface area contributed by atoms with Gasteiger partial charge in [-0.15, -0.1) is 0 Å². The van der Waals surface area contributed by atoms with E-state index in [1.165, 1.54) is 109 Å². The van der Waals surface area contributed by atoms with E-state index in [1.54, 1.807) is 0 Å². The standard InChI is InChI=1S/C27H44N.2ClH.Ti/c1-28(2)19-18-24-25(21-12-6-3-7-13-21)20-26(22-14-8-4-9-15-22)27(24)23-16-10-5-11-17-23;;;/h20-23H,3-19H2,1-2H3;2*1H;/q;;;+2/p-2. The molecule has 0 saturated heterocycles. The van der Waals surface area contributed by atoms with Crippen LogP contribution >= 0.6 is 0 Å². The van der Waals surface area contributed by atoms with Gasteiger partial charge >= 0.3 is 193 Å². The summed E-state index contributed by atoms with van der Waals surface area (Å²) >= 11 is 2.69. The van der Waals surface area contributed by atoms with Crippen molar-refractivity contribution in [2.75, 3.05) is 20.6 Å². The maximum atomic E-state index is 2.84. The Labute approximate surface area is 216 Å². The number of hydrogen-bond acceptors (Lipinski definition) is 1. The summed E-state index contributed by atoms with van der Waals surface area (Å²) in [6.07, 6.45) is 26.2. The Kier molecular flexibility index (Phi) is 11.7. The molecule has 175 valence electrons. The van der Waals surface area contributed by atoms with Gasteiger partial charge in [-0.05, 0) is 0 Å². The Balaban J connectivity index is 0.00000171. The van der Waals surface area contributed by atoms with Crippen LogP contribution in [0.4, 0.5) is 0 Å². The van der Waals surface area contributed by atoms with Gasteiger partial charge in [0, 0.05) is 0 Å². The van der Waals surface area contributed by atoms with E-state index in [4.69, 9.17) is 0 Å². The number of halogens is 2. The van der Waals surface area contributed by atoms with E-state index < -0.39 is 0 Å². The molecule has 0 bridgehead atoms. The van der Waals surface area contributed by atoms with Crippen molar-refractivity contribution in [1.82, 2.24) is 4.90 Å². The smallest absolute Gasteiger partial charge is 1.00 e. The van der Waals surface area contributed by atoms with Crippen LogP contribution in [0.2, 0.25) is 3.72 Å². The maximum absolute atomic E-state index is 2.84. The summed E-state index contributed by atoms with van der Waals surface area (Å²) in [5, 5.41) is 0. The number of rotatable bonds is 6. The second kappa shape index (κ2) is 13.0. The fourth-order valence-electron chi connectivity index (χ4n) is 7.05. The van der Waals surface area contributed by atoms with Gasteiger partial charge in [-0.25, -0.2) is 0 Å². The van der Waals surface area contributed by atoms with Crippen molar-refractivity contribution in [2.24, 2.45) is 17.8 Å². The molecule has 4 aliphatic carbocycles. The molecule has 0 N–H and O–H groups in total. The number of allylic oxidation sites excluding steroid dienone is 4. The van der Waals surface area contributed by atoms with Crippen molar-refractivity contribution < 1.29 is 45.2 Å². The molecule has 0 aliphatic heterocycles. The van der Waals surface area contributed by atoms with E-state index in [0.717, 1.165) is 17.8 Å². The zero-order valence-electron chi connectivity index (χ0n) is 20.0. The van der Waals surface area contributed by atoms with Gasteiger partial charge < -0.3 is 24.8 Å². The van der Waals surface area contributed by atoms with Crippen LogP contribution in [-0.4, -0.2) is 25.5 Å². The first-order valence-electron chi connectivity index (χ1n) is 13.0. The van der Waals surface area contributed by atoms with Gasteiger partial charge in [0.1, 0.15) is 0 Å². The molecule has 0 aromatic heterocycles. The molecule has 0 spiro atoms. The van der Waals surface area contributed by atoms with Crippen LogP contribution in [0.1, 0.15) is 103 Å². The second-order valence-corrected chi connectivity index (χ2v) is 12.3. The summed E-state index contributed by atoms with van der Waals surface area (Å²) < 4.78 is 0.348. The molecular weight excluding hydrogens is 457 g/mol. The molecule has 0 amide bonds. The monoisotopic (exact) mass is 500 g/mol. The molecule has 0 heterocycles. The van der Waals surface area contributed by atoms with Gasteiger partial charge in [0.05, 0.1) is 0 Å². The molecule has 1 nitrogen and oxygen atoms in total. The van der Waals surface area contributed by atoms with Crippen LogP contribution in [-0.2, 0) is 20.4 Å². The van der Waals surface area contributed by atoms with Gasteiger partial charge in [-0.2, -0.15) is 0 Å². The quantitative estimate of drug-likeness (QED) is 0.501. The summed E-state index contributed by atoms with van der Waals surface area (Å²) in [5.41, 5.74) is 5.73. The summed E-state index contributed by atoms with van der Waals surface area (Å²) in [7, 11) is 4.54. The van der Waals surface area contributed by atoms with Gasteiger partial charge in [0.2, 0.25) is 0 Å². The van der Waals surface area contributed by atoms with Crippen molar-refractivity contribution in [1.29, 1.82) is 0 Å². The van der Waals surface area contributed by atoms with Crippen molar-refractivity contribution in [3.8, 4) is 0 Å². The third-order valence-electron chi connectivity index (χ3n) is 8.61. The van der Waals surface area contributed by atoms with Crippen LogP contribution in [0.5, 0.6) is 0 Å². The normalized spacial score (nSPS) is 29.0. The van der Waals surface area contributed by atoms with Crippen molar-refractivity contribution in [2.45, 2.75) is 106 Å². The van der Waals surface area contributed by atoms with Crippen molar-refractivity contribution in [3.05, 3.63) is 22.8 Å². The van der Waals surface area contributed by atoms with Crippen LogP contribution in [0.15, 0.2) is 22.8 Å². The molecule has 1 unspecified atom stereocenters. The minimum absolute atomic E-state index is 0. The maximum Gasteiger partial charge on any atom is -1.00 e. The summed E-state index contributed by atoms with van der Waals surface area (Å²) in [5.74, 6) is 2.63. The largest absolute Gasteiger partial charge is 1.00 e. The molecule has 4 heteroatoms. The molecule has 0 aromatic carbocycles. The predicted octanol–water partition coefficient (Wildman–Crippen LogP) is 1.63. The first-order valence-corrected chi connectivity index (χ1v) is 13.7. The van der Waals surface area contributed by atoms with Gasteiger partial charge in [-0.1, -0.05) is 0 Å². The van der Waals surface area contributed by atoms with Crippen LogP contribution in [0.3, 0.4) is 0 Å². The molecule has 3 fully saturated rings. The molecule has 1 atom stereocenters. The first kappa shape index (κ1) is 28.0. The third-order valence-corrected chi connectivity index (χ3v) is 9.87. The number of hydrogen-bond donors (Lipinski definition) is 0. The minimum Gasteiger partial charge on any atom is -1.00 e. The zero-order chi connectivity index (χ0) is 20.3. The van der Waals surface area contributed by atoms with E-state index in [-0.39, 0.29) is 24.8 Å². The number of nitrogens with zero attached hydrogens (tertiary/aromatic N) is 1. The van der Waals surface area contributed by atoms with Gasteiger partial charge in [0.15, 0.2) is 0 Å². The fourth-order valence-corrected chi connectivity index (χ4v) is 8.20. The summed E-state index contributed by atoms with van der Waals surface area (Å²) in [4.78, 5) is 2.43. The second-order valence-electron chi connectivity index (χ2n) is 10.9. The summed E-state index contributed by atoms with van der Waals surface area (Å²) in [6, 6.07) is 0. The van der Waals surface area contributed by atoms with E-state index in [0.29, 0.717) is 3.72 Å². The zero-order valence-corrected chi connectivity index (χ0v) is 23.1. The first-order chi connectivity index (χ1) is 14.1. The Bertz CT molecular complexity index is 611. The van der Waals surface area contributed by atoms with Crippen LogP contribution < -0.4 is 24.8 Å². The molecule has 4 aliphatic rings. The summed E-state index contributed by atoms with van der Waals surface area (Å²) in [6.45, 7) is 1.23. The average Bonchev–Trinajstić information content (AvgIpc) is 3.07.